The number of rotatable bonds is 6. The van der Waals surface area contributed by atoms with Crippen molar-refractivity contribution in [3.63, 3.8) is 0 Å². The van der Waals surface area contributed by atoms with Crippen LogP contribution in [-0.2, 0) is 0 Å². The molecule has 5 rings (SSSR count). The highest BCUT2D eigenvalue weighted by Gasteiger charge is 2.28. The Balaban J connectivity index is 1.26. The molecule has 3 aliphatic rings. The van der Waals surface area contributed by atoms with E-state index in [4.69, 9.17) is 14.2 Å². The fourth-order valence-corrected chi connectivity index (χ4v) is 5.23. The highest BCUT2D eigenvalue weighted by molar-refractivity contribution is 5.72. The molecule has 180 valence electrons. The summed E-state index contributed by atoms with van der Waals surface area (Å²) in [6.45, 7) is 6.94. The zero-order valence-electron chi connectivity index (χ0n) is 20.1. The van der Waals surface area contributed by atoms with Crippen molar-refractivity contribution in [2.45, 2.75) is 25.4 Å². The fourth-order valence-electron chi connectivity index (χ4n) is 5.23. The van der Waals surface area contributed by atoms with Crippen LogP contribution in [0, 0.1) is 17.2 Å². The van der Waals surface area contributed by atoms with E-state index in [0.717, 1.165) is 48.3 Å². The summed E-state index contributed by atoms with van der Waals surface area (Å²) in [5.41, 5.74) is 2.18. The van der Waals surface area contributed by atoms with E-state index in [9.17, 15) is 5.26 Å². The lowest BCUT2D eigenvalue weighted by atomic mass is 9.97. The number of ether oxygens (including phenoxy) is 3. The summed E-state index contributed by atoms with van der Waals surface area (Å²) in [6.07, 6.45) is 5.59. The van der Waals surface area contributed by atoms with Gasteiger partial charge in [0.1, 0.15) is 35.8 Å². The second-order valence-corrected chi connectivity index (χ2v) is 9.53. The highest BCUT2D eigenvalue weighted by atomic mass is 16.5. The third-order valence-corrected chi connectivity index (χ3v) is 7.14. The van der Waals surface area contributed by atoms with Crippen molar-refractivity contribution in [3.8, 4) is 23.4 Å². The van der Waals surface area contributed by atoms with Gasteiger partial charge in [-0.15, -0.1) is 0 Å². The molecule has 0 saturated carbocycles. The molecule has 2 saturated heterocycles. The van der Waals surface area contributed by atoms with Gasteiger partial charge in [0.25, 0.3) is 0 Å². The summed E-state index contributed by atoms with van der Waals surface area (Å²) in [6, 6.07) is 10.00. The van der Waals surface area contributed by atoms with E-state index in [1.54, 1.807) is 6.20 Å². The van der Waals surface area contributed by atoms with Crippen LogP contribution in [-0.4, -0.2) is 80.9 Å². The number of nitriles is 1. The van der Waals surface area contributed by atoms with Gasteiger partial charge in [0.05, 0.1) is 31.2 Å². The van der Waals surface area contributed by atoms with Crippen molar-refractivity contribution >= 4 is 11.4 Å². The molecule has 0 amide bonds. The maximum atomic E-state index is 9.47. The van der Waals surface area contributed by atoms with Gasteiger partial charge in [0.15, 0.2) is 0 Å². The number of aromatic nitrogens is 1. The molecule has 2 fully saturated rings. The lowest BCUT2D eigenvalue weighted by Crippen LogP contribution is -2.36. The lowest BCUT2D eigenvalue weighted by Gasteiger charge is -2.32. The van der Waals surface area contributed by atoms with E-state index in [1.165, 1.54) is 39.6 Å². The maximum Gasteiger partial charge on any atom is 0.231 e. The number of anilines is 2. The summed E-state index contributed by atoms with van der Waals surface area (Å²) >= 11 is 0. The highest BCUT2D eigenvalue weighted by Crippen LogP contribution is 2.40. The average Bonchev–Trinajstić information content (AvgIpc) is 3.31. The number of hydrogen-bond donors (Lipinski definition) is 0. The van der Waals surface area contributed by atoms with Crippen LogP contribution in [0.3, 0.4) is 0 Å². The standard InChI is InChI=1S/C26H33N5O3/c1-29-8-5-19(6-9-29)17-30-10-7-23(18-30)34-22-3-4-25-24(14-22)31(11-12-33-25)21-13-20(15-27)26(32-2)28-16-21/h3-4,13-14,16,19,23H,5-12,17-18H2,1-2H3. The van der Waals surface area contributed by atoms with Crippen molar-refractivity contribution in [1.82, 2.24) is 14.8 Å². The molecule has 1 atom stereocenters. The number of methoxy groups -OCH3 is 1. The van der Waals surface area contributed by atoms with Crippen molar-refractivity contribution in [3.05, 3.63) is 36.0 Å². The van der Waals surface area contributed by atoms with Crippen LogP contribution >= 0.6 is 0 Å². The monoisotopic (exact) mass is 463 g/mol. The minimum absolute atomic E-state index is 0.204. The molecule has 1 unspecified atom stereocenters. The Morgan fingerprint density at radius 2 is 2.00 bits per heavy atom. The number of piperidine rings is 1. The van der Waals surface area contributed by atoms with Gasteiger partial charge in [-0.25, -0.2) is 4.98 Å². The van der Waals surface area contributed by atoms with Gasteiger partial charge in [0.2, 0.25) is 5.88 Å². The van der Waals surface area contributed by atoms with Crippen LogP contribution in [0.2, 0.25) is 0 Å². The molecule has 0 N–H and O–H groups in total. The number of hydrogen-bond acceptors (Lipinski definition) is 8. The van der Waals surface area contributed by atoms with Gasteiger partial charge in [-0.05, 0) is 63.5 Å². The topological polar surface area (TPSA) is 74.1 Å². The number of likely N-dealkylation sites (tertiary alicyclic amines) is 2. The molecule has 0 bridgehead atoms. The molecule has 8 nitrogen and oxygen atoms in total. The van der Waals surface area contributed by atoms with Crippen molar-refractivity contribution in [2.24, 2.45) is 5.92 Å². The molecule has 1 aromatic carbocycles. The molecular formula is C26H33N5O3. The van der Waals surface area contributed by atoms with Crippen LogP contribution < -0.4 is 19.1 Å². The van der Waals surface area contributed by atoms with E-state index in [1.807, 2.05) is 24.3 Å². The van der Waals surface area contributed by atoms with Crippen LogP contribution in [0.15, 0.2) is 30.5 Å². The first-order valence-corrected chi connectivity index (χ1v) is 12.2. The molecule has 3 aliphatic heterocycles. The zero-order valence-corrected chi connectivity index (χ0v) is 20.1. The lowest BCUT2D eigenvalue weighted by molar-refractivity contribution is 0.158. The van der Waals surface area contributed by atoms with Gasteiger partial charge in [0, 0.05) is 25.7 Å². The first kappa shape index (κ1) is 22.8. The molecule has 0 aliphatic carbocycles. The number of nitrogens with zero attached hydrogens (tertiary/aromatic N) is 5. The van der Waals surface area contributed by atoms with E-state index in [-0.39, 0.29) is 6.10 Å². The molecule has 4 heterocycles. The molecule has 0 radical (unpaired) electrons. The Kier molecular flexibility index (Phi) is 6.75. The normalized spacial score (nSPS) is 21.6. The summed E-state index contributed by atoms with van der Waals surface area (Å²) in [7, 11) is 3.74. The van der Waals surface area contributed by atoms with Crippen LogP contribution in [0.4, 0.5) is 11.4 Å². The van der Waals surface area contributed by atoms with Gasteiger partial charge in [-0.3, -0.25) is 4.90 Å². The molecule has 0 spiro atoms. The third kappa shape index (κ3) is 4.91. The Bertz CT molecular complexity index is 1050. The Morgan fingerprint density at radius 3 is 2.79 bits per heavy atom. The number of pyridine rings is 1. The minimum Gasteiger partial charge on any atom is -0.490 e. The molecule has 8 heteroatoms. The van der Waals surface area contributed by atoms with Gasteiger partial charge in [-0.1, -0.05) is 0 Å². The van der Waals surface area contributed by atoms with Crippen LogP contribution in [0.5, 0.6) is 17.4 Å². The summed E-state index contributed by atoms with van der Waals surface area (Å²) in [5.74, 6) is 2.80. The average molecular weight is 464 g/mol. The zero-order chi connectivity index (χ0) is 23.5. The number of fused-ring (bicyclic) bond motifs is 1. The Labute approximate surface area is 201 Å². The van der Waals surface area contributed by atoms with Crippen molar-refractivity contribution < 1.29 is 14.2 Å². The first-order chi connectivity index (χ1) is 16.6. The van der Waals surface area contributed by atoms with Crippen LogP contribution in [0.1, 0.15) is 24.8 Å². The van der Waals surface area contributed by atoms with E-state index >= 15 is 0 Å². The molecule has 34 heavy (non-hydrogen) atoms. The van der Waals surface area contributed by atoms with Crippen molar-refractivity contribution in [1.29, 1.82) is 5.26 Å². The molecular weight excluding hydrogens is 430 g/mol. The second-order valence-electron chi connectivity index (χ2n) is 9.53. The Morgan fingerprint density at radius 1 is 1.15 bits per heavy atom. The largest absolute Gasteiger partial charge is 0.490 e. The van der Waals surface area contributed by atoms with Gasteiger partial charge < -0.3 is 24.0 Å². The maximum absolute atomic E-state index is 9.47. The van der Waals surface area contributed by atoms with Crippen LogP contribution in [0.25, 0.3) is 0 Å². The smallest absolute Gasteiger partial charge is 0.231 e. The fraction of sp³-hybridized carbons (Fsp3) is 0.538. The predicted octanol–water partition coefficient (Wildman–Crippen LogP) is 3.29. The first-order valence-electron chi connectivity index (χ1n) is 12.2. The molecule has 1 aromatic heterocycles. The second kappa shape index (κ2) is 10.1. The number of benzene rings is 1. The SMILES string of the molecule is COc1ncc(N2CCOc3ccc(OC4CCN(CC5CCN(C)CC5)C4)cc32)cc1C#N. The molecule has 2 aromatic rings. The summed E-state index contributed by atoms with van der Waals surface area (Å²) in [5, 5.41) is 9.47. The van der Waals surface area contributed by atoms with Gasteiger partial charge >= 0.3 is 0 Å². The Hall–Kier alpha value is -3.02. The summed E-state index contributed by atoms with van der Waals surface area (Å²) in [4.78, 5) is 11.4. The van der Waals surface area contributed by atoms with E-state index in [2.05, 4.69) is 32.8 Å². The third-order valence-electron chi connectivity index (χ3n) is 7.14. The summed E-state index contributed by atoms with van der Waals surface area (Å²) < 4.78 is 17.5. The minimum atomic E-state index is 0.204. The van der Waals surface area contributed by atoms with E-state index in [0.29, 0.717) is 24.6 Å². The van der Waals surface area contributed by atoms with E-state index < -0.39 is 0 Å². The van der Waals surface area contributed by atoms with Gasteiger partial charge in [-0.2, -0.15) is 5.26 Å². The quantitative estimate of drug-likeness (QED) is 0.646. The predicted molar refractivity (Wildman–Crippen MR) is 130 cm³/mol. The van der Waals surface area contributed by atoms with Crippen molar-refractivity contribution in [2.75, 3.05) is 64.9 Å².